The minimum absolute atomic E-state index is 0.116. The number of nitrogens with one attached hydrogen (secondary N) is 2. The van der Waals surface area contributed by atoms with Crippen molar-refractivity contribution >= 4 is 5.82 Å². The van der Waals surface area contributed by atoms with E-state index in [0.29, 0.717) is 12.5 Å². The second-order valence-electron chi connectivity index (χ2n) is 6.46. The third-order valence-corrected chi connectivity index (χ3v) is 2.93. The number of anilines is 1. The maximum Gasteiger partial charge on any atom is 0.126 e. The summed E-state index contributed by atoms with van der Waals surface area (Å²) < 4.78 is 5.06. The first kappa shape index (κ1) is 16.9. The molecule has 0 saturated heterocycles. The highest BCUT2D eigenvalue weighted by Crippen LogP contribution is 2.18. The molecule has 4 heteroatoms. The Labute approximate surface area is 123 Å². The van der Waals surface area contributed by atoms with Gasteiger partial charge in [0.2, 0.25) is 0 Å². The molecule has 0 atom stereocenters. The first-order chi connectivity index (χ1) is 9.31. The second kappa shape index (κ2) is 7.60. The molecule has 1 aromatic rings. The molecule has 1 rings (SSSR count). The molecule has 2 N–H and O–H groups in total. The summed E-state index contributed by atoms with van der Waals surface area (Å²) in [6, 6.07) is 4.30. The fraction of sp³-hybridized carbons (Fsp3) is 0.688. The summed E-state index contributed by atoms with van der Waals surface area (Å²) in [5.74, 6) is 1.35. The molecule has 0 aliphatic carbocycles. The lowest BCUT2D eigenvalue weighted by Gasteiger charge is -2.21. The fourth-order valence-corrected chi connectivity index (χ4v) is 1.75. The molecule has 1 heterocycles. The molecule has 0 unspecified atom stereocenters. The minimum atomic E-state index is 0.116. The van der Waals surface area contributed by atoms with Crippen molar-refractivity contribution in [2.75, 3.05) is 25.6 Å². The van der Waals surface area contributed by atoms with Gasteiger partial charge in [0.25, 0.3) is 0 Å². The molecule has 0 amide bonds. The third kappa shape index (κ3) is 6.35. The van der Waals surface area contributed by atoms with E-state index in [1.807, 2.05) is 0 Å². The van der Waals surface area contributed by atoms with Crippen molar-refractivity contribution in [1.82, 2.24) is 10.3 Å². The highest BCUT2D eigenvalue weighted by atomic mass is 16.5. The maximum atomic E-state index is 5.06. The minimum Gasteiger partial charge on any atom is -0.383 e. The van der Waals surface area contributed by atoms with E-state index >= 15 is 0 Å². The van der Waals surface area contributed by atoms with E-state index in [1.54, 1.807) is 7.11 Å². The van der Waals surface area contributed by atoms with Crippen LogP contribution in [0.4, 0.5) is 5.82 Å². The van der Waals surface area contributed by atoms with E-state index in [1.165, 1.54) is 5.56 Å². The zero-order valence-corrected chi connectivity index (χ0v) is 13.7. The molecule has 0 aromatic carbocycles. The molecule has 0 aliphatic heterocycles. The Hall–Kier alpha value is -1.13. The van der Waals surface area contributed by atoms with E-state index in [2.05, 4.69) is 62.4 Å². The number of nitrogens with zero attached hydrogens (tertiary/aromatic N) is 1. The molecule has 20 heavy (non-hydrogen) atoms. The van der Waals surface area contributed by atoms with Crippen LogP contribution in [-0.2, 0) is 11.3 Å². The number of pyridine rings is 1. The number of ether oxygens (including phenoxy) is 1. The van der Waals surface area contributed by atoms with Crippen molar-refractivity contribution in [2.45, 2.75) is 52.6 Å². The van der Waals surface area contributed by atoms with E-state index in [0.717, 1.165) is 24.6 Å². The van der Waals surface area contributed by atoms with Gasteiger partial charge in [-0.2, -0.15) is 0 Å². The predicted octanol–water partition coefficient (Wildman–Crippen LogP) is 3.15. The van der Waals surface area contributed by atoms with Crippen LogP contribution in [0.3, 0.4) is 0 Å². The zero-order valence-electron chi connectivity index (χ0n) is 13.7. The molecule has 0 saturated carbocycles. The van der Waals surface area contributed by atoms with Crippen LogP contribution < -0.4 is 10.6 Å². The summed E-state index contributed by atoms with van der Waals surface area (Å²) >= 11 is 0. The van der Waals surface area contributed by atoms with Gasteiger partial charge in [-0.25, -0.2) is 4.98 Å². The Morgan fingerprint density at radius 2 is 1.95 bits per heavy atom. The molecule has 0 fully saturated rings. The SMILES string of the molecule is COCCNc1cc(CNC(C)(C)C)cc(C(C)C)n1. The van der Waals surface area contributed by atoms with Crippen LogP contribution in [0.2, 0.25) is 0 Å². The van der Waals surface area contributed by atoms with Gasteiger partial charge in [-0.15, -0.1) is 0 Å². The zero-order chi connectivity index (χ0) is 15.2. The third-order valence-electron chi connectivity index (χ3n) is 2.93. The van der Waals surface area contributed by atoms with Crippen molar-refractivity contribution < 1.29 is 4.74 Å². The highest BCUT2D eigenvalue weighted by Gasteiger charge is 2.11. The van der Waals surface area contributed by atoms with E-state index in [-0.39, 0.29) is 5.54 Å². The number of hydrogen-bond acceptors (Lipinski definition) is 4. The summed E-state index contributed by atoms with van der Waals surface area (Å²) in [5.41, 5.74) is 2.50. The Bertz CT molecular complexity index is 411. The van der Waals surface area contributed by atoms with Crippen LogP contribution in [0.25, 0.3) is 0 Å². The van der Waals surface area contributed by atoms with Gasteiger partial charge >= 0.3 is 0 Å². The largest absolute Gasteiger partial charge is 0.383 e. The summed E-state index contributed by atoms with van der Waals surface area (Å²) in [6.45, 7) is 13.2. The van der Waals surface area contributed by atoms with Gasteiger partial charge in [0.05, 0.1) is 6.61 Å². The van der Waals surface area contributed by atoms with Crippen LogP contribution >= 0.6 is 0 Å². The standard InChI is InChI=1S/C16H29N3O/c1-12(2)14-9-13(11-18-16(3,4)5)10-15(19-14)17-7-8-20-6/h9-10,12,18H,7-8,11H2,1-6H3,(H,17,19). The van der Waals surface area contributed by atoms with Gasteiger partial charge in [-0.3, -0.25) is 0 Å². The molecule has 4 nitrogen and oxygen atoms in total. The maximum absolute atomic E-state index is 5.06. The lowest BCUT2D eigenvalue weighted by molar-refractivity contribution is 0.210. The summed E-state index contributed by atoms with van der Waals surface area (Å²) in [7, 11) is 1.71. The average Bonchev–Trinajstić information content (AvgIpc) is 2.36. The van der Waals surface area contributed by atoms with Crippen LogP contribution in [0.1, 0.15) is 51.8 Å². The van der Waals surface area contributed by atoms with Gasteiger partial charge in [-0.1, -0.05) is 13.8 Å². The molecule has 114 valence electrons. The second-order valence-corrected chi connectivity index (χ2v) is 6.46. The smallest absolute Gasteiger partial charge is 0.126 e. The number of hydrogen-bond donors (Lipinski definition) is 2. The lowest BCUT2D eigenvalue weighted by atomic mass is 10.1. The number of aromatic nitrogens is 1. The Kier molecular flexibility index (Phi) is 6.43. The quantitative estimate of drug-likeness (QED) is 0.753. The van der Waals surface area contributed by atoms with Crippen molar-refractivity contribution in [1.29, 1.82) is 0 Å². The summed E-state index contributed by atoms with van der Waals surface area (Å²) in [5, 5.41) is 6.83. The van der Waals surface area contributed by atoms with Crippen LogP contribution in [0, 0.1) is 0 Å². The first-order valence-corrected chi connectivity index (χ1v) is 7.30. The molecular weight excluding hydrogens is 250 g/mol. The Morgan fingerprint density at radius 3 is 2.50 bits per heavy atom. The molecule has 0 bridgehead atoms. The topological polar surface area (TPSA) is 46.2 Å². The predicted molar refractivity (Wildman–Crippen MR) is 85.3 cm³/mol. The first-order valence-electron chi connectivity index (χ1n) is 7.30. The van der Waals surface area contributed by atoms with E-state index < -0.39 is 0 Å². The normalized spacial score (nSPS) is 11.9. The van der Waals surface area contributed by atoms with Crippen LogP contribution in [0.5, 0.6) is 0 Å². The van der Waals surface area contributed by atoms with Crippen LogP contribution in [-0.4, -0.2) is 30.8 Å². The molecule has 1 aromatic heterocycles. The van der Waals surface area contributed by atoms with Crippen molar-refractivity contribution in [3.8, 4) is 0 Å². The molecule has 0 spiro atoms. The van der Waals surface area contributed by atoms with Gasteiger partial charge in [-0.05, 0) is 44.4 Å². The van der Waals surface area contributed by atoms with Crippen molar-refractivity contribution in [3.05, 3.63) is 23.4 Å². The van der Waals surface area contributed by atoms with Crippen molar-refractivity contribution in [2.24, 2.45) is 0 Å². The van der Waals surface area contributed by atoms with E-state index in [9.17, 15) is 0 Å². The van der Waals surface area contributed by atoms with Gasteiger partial charge in [0.15, 0.2) is 0 Å². The summed E-state index contributed by atoms with van der Waals surface area (Å²) in [6.07, 6.45) is 0. The lowest BCUT2D eigenvalue weighted by Crippen LogP contribution is -2.35. The van der Waals surface area contributed by atoms with Crippen molar-refractivity contribution in [3.63, 3.8) is 0 Å². The monoisotopic (exact) mass is 279 g/mol. The number of methoxy groups -OCH3 is 1. The van der Waals surface area contributed by atoms with Gasteiger partial charge < -0.3 is 15.4 Å². The average molecular weight is 279 g/mol. The molecule has 0 aliphatic rings. The van der Waals surface area contributed by atoms with Crippen LogP contribution in [0.15, 0.2) is 12.1 Å². The summed E-state index contributed by atoms with van der Waals surface area (Å²) in [4.78, 5) is 4.65. The fourth-order valence-electron chi connectivity index (χ4n) is 1.75. The van der Waals surface area contributed by atoms with Gasteiger partial charge in [0.1, 0.15) is 5.82 Å². The van der Waals surface area contributed by atoms with Gasteiger partial charge in [0, 0.05) is 31.4 Å². The van der Waals surface area contributed by atoms with E-state index in [4.69, 9.17) is 4.74 Å². The Morgan fingerprint density at radius 1 is 1.25 bits per heavy atom. The molecular formula is C16H29N3O. The molecule has 0 radical (unpaired) electrons. The Balaban J connectivity index is 2.81. The highest BCUT2D eigenvalue weighted by molar-refractivity contribution is 5.40. The number of rotatable bonds is 7.